The van der Waals surface area contributed by atoms with Crippen molar-refractivity contribution in [3.8, 4) is 0 Å². The summed E-state index contributed by atoms with van der Waals surface area (Å²) in [4.78, 5) is 14.0. The Morgan fingerprint density at radius 1 is 1.33 bits per heavy atom. The number of piperidine rings is 1. The molecule has 0 N–H and O–H groups in total. The van der Waals surface area contributed by atoms with Gasteiger partial charge in [-0.05, 0) is 37.6 Å². The smallest absolute Gasteiger partial charge is 0.135 e. The highest BCUT2D eigenvalue weighted by atomic mass is 35.5. The van der Waals surface area contributed by atoms with E-state index in [1.54, 1.807) is 0 Å². The van der Waals surface area contributed by atoms with Crippen molar-refractivity contribution in [2.75, 3.05) is 13.1 Å². The summed E-state index contributed by atoms with van der Waals surface area (Å²) >= 11 is 6.16. The first-order chi connectivity index (χ1) is 8.70. The van der Waals surface area contributed by atoms with Gasteiger partial charge in [0.25, 0.3) is 0 Å². The lowest BCUT2D eigenvalue weighted by Crippen LogP contribution is -2.35. The largest absolute Gasteiger partial charge is 0.299 e. The van der Waals surface area contributed by atoms with Crippen LogP contribution in [-0.4, -0.2) is 23.8 Å². The van der Waals surface area contributed by atoms with Crippen LogP contribution in [-0.2, 0) is 11.3 Å². The molecule has 0 aliphatic carbocycles. The van der Waals surface area contributed by atoms with Crippen LogP contribution >= 0.6 is 11.6 Å². The Kier molecular flexibility index (Phi) is 4.79. The van der Waals surface area contributed by atoms with Gasteiger partial charge in [0.1, 0.15) is 5.78 Å². The third-order valence-electron chi connectivity index (χ3n) is 3.74. The van der Waals surface area contributed by atoms with Gasteiger partial charge in [-0.15, -0.1) is 0 Å². The summed E-state index contributed by atoms with van der Waals surface area (Å²) in [5.74, 6) is 0.713. The van der Waals surface area contributed by atoms with Crippen molar-refractivity contribution in [2.45, 2.75) is 32.7 Å². The van der Waals surface area contributed by atoms with Crippen LogP contribution in [0, 0.1) is 5.92 Å². The average Bonchev–Trinajstić information content (AvgIpc) is 2.41. The van der Waals surface area contributed by atoms with Crippen LogP contribution in [0.15, 0.2) is 24.3 Å². The molecule has 1 aliphatic rings. The lowest BCUT2D eigenvalue weighted by Gasteiger charge is -2.31. The Morgan fingerprint density at radius 3 is 2.61 bits per heavy atom. The van der Waals surface area contributed by atoms with Crippen LogP contribution in [0.5, 0.6) is 0 Å². The molecule has 18 heavy (non-hydrogen) atoms. The molecule has 2 rings (SSSR count). The summed E-state index contributed by atoms with van der Waals surface area (Å²) in [5, 5.41) is 0.837. The highest BCUT2D eigenvalue weighted by Crippen LogP contribution is 2.23. The van der Waals surface area contributed by atoms with Gasteiger partial charge < -0.3 is 0 Å². The van der Waals surface area contributed by atoms with E-state index in [-0.39, 0.29) is 5.92 Å². The van der Waals surface area contributed by atoms with Gasteiger partial charge in [-0.2, -0.15) is 0 Å². The Hall–Kier alpha value is -0.860. The molecule has 0 unspecified atom stereocenters. The van der Waals surface area contributed by atoms with Crippen molar-refractivity contribution in [1.29, 1.82) is 0 Å². The summed E-state index contributed by atoms with van der Waals surface area (Å²) < 4.78 is 0. The summed E-state index contributed by atoms with van der Waals surface area (Å²) in [6.07, 6.45) is 2.67. The summed E-state index contributed by atoms with van der Waals surface area (Å²) in [5.41, 5.74) is 1.18. The molecule has 98 valence electrons. The Bertz CT molecular complexity index is 411. The predicted molar refractivity (Wildman–Crippen MR) is 74.8 cm³/mol. The zero-order valence-corrected chi connectivity index (χ0v) is 11.6. The molecule has 0 bridgehead atoms. The normalized spacial score (nSPS) is 17.9. The van der Waals surface area contributed by atoms with Crippen molar-refractivity contribution in [3.63, 3.8) is 0 Å². The molecule has 0 radical (unpaired) electrons. The molecule has 0 aromatic heterocycles. The molecule has 0 saturated carbocycles. The SMILES string of the molecule is CCC(=O)C1CCN(Cc2ccccc2Cl)CC1. The maximum Gasteiger partial charge on any atom is 0.135 e. The fraction of sp³-hybridized carbons (Fsp3) is 0.533. The molecule has 1 fully saturated rings. The van der Waals surface area contributed by atoms with Crippen LogP contribution < -0.4 is 0 Å². The highest BCUT2D eigenvalue weighted by Gasteiger charge is 2.23. The van der Waals surface area contributed by atoms with Gasteiger partial charge in [0, 0.05) is 23.9 Å². The second-order valence-corrected chi connectivity index (χ2v) is 5.37. The molecular weight excluding hydrogens is 246 g/mol. The fourth-order valence-corrected chi connectivity index (χ4v) is 2.76. The second-order valence-electron chi connectivity index (χ2n) is 4.96. The van der Waals surface area contributed by atoms with Gasteiger partial charge in [-0.1, -0.05) is 36.7 Å². The maximum absolute atomic E-state index is 11.6. The van der Waals surface area contributed by atoms with Gasteiger partial charge in [-0.3, -0.25) is 9.69 Å². The summed E-state index contributed by atoms with van der Waals surface area (Å²) in [6, 6.07) is 7.99. The highest BCUT2D eigenvalue weighted by molar-refractivity contribution is 6.31. The lowest BCUT2D eigenvalue weighted by molar-refractivity contribution is -0.124. The molecule has 0 atom stereocenters. The maximum atomic E-state index is 11.6. The zero-order chi connectivity index (χ0) is 13.0. The minimum atomic E-state index is 0.289. The first-order valence-electron chi connectivity index (χ1n) is 6.69. The Balaban J connectivity index is 1.87. The van der Waals surface area contributed by atoms with E-state index in [4.69, 9.17) is 11.6 Å². The first kappa shape index (κ1) is 13.6. The van der Waals surface area contributed by atoms with Gasteiger partial charge in [0.05, 0.1) is 0 Å². The average molecular weight is 266 g/mol. The van der Waals surface area contributed by atoms with Gasteiger partial charge in [0.15, 0.2) is 0 Å². The number of benzene rings is 1. The van der Waals surface area contributed by atoms with Gasteiger partial charge in [0.2, 0.25) is 0 Å². The van der Waals surface area contributed by atoms with Crippen molar-refractivity contribution < 1.29 is 4.79 Å². The molecule has 0 spiro atoms. The number of halogens is 1. The molecule has 2 nitrogen and oxygen atoms in total. The first-order valence-corrected chi connectivity index (χ1v) is 7.07. The second kappa shape index (κ2) is 6.35. The van der Waals surface area contributed by atoms with Crippen LogP contribution in [0.25, 0.3) is 0 Å². The van der Waals surface area contributed by atoms with E-state index >= 15 is 0 Å². The van der Waals surface area contributed by atoms with E-state index in [0.29, 0.717) is 12.2 Å². The Labute approximate surface area is 114 Å². The van der Waals surface area contributed by atoms with Gasteiger partial charge in [-0.25, -0.2) is 0 Å². The van der Waals surface area contributed by atoms with Gasteiger partial charge >= 0.3 is 0 Å². The number of carbonyl (C=O) groups excluding carboxylic acids is 1. The lowest BCUT2D eigenvalue weighted by atomic mass is 9.91. The summed E-state index contributed by atoms with van der Waals surface area (Å²) in [7, 11) is 0. The molecular formula is C15H20ClNO. The van der Waals surface area contributed by atoms with E-state index in [2.05, 4.69) is 11.0 Å². The number of hydrogen-bond acceptors (Lipinski definition) is 2. The standard InChI is InChI=1S/C15H20ClNO/c1-2-15(18)12-7-9-17(10-8-12)11-13-5-3-4-6-14(13)16/h3-6,12H,2,7-11H2,1H3. The van der Waals surface area contributed by atoms with Crippen LogP contribution in [0.3, 0.4) is 0 Å². The number of Topliss-reactive ketones (excluding diaryl/α,β-unsaturated/α-hetero) is 1. The molecule has 1 heterocycles. The minimum absolute atomic E-state index is 0.289. The summed E-state index contributed by atoms with van der Waals surface area (Å²) in [6.45, 7) is 4.86. The quantitative estimate of drug-likeness (QED) is 0.830. The van der Waals surface area contributed by atoms with Crippen molar-refractivity contribution in [3.05, 3.63) is 34.9 Å². The number of hydrogen-bond donors (Lipinski definition) is 0. The number of rotatable bonds is 4. The topological polar surface area (TPSA) is 20.3 Å². The molecule has 3 heteroatoms. The number of carbonyl (C=O) groups is 1. The van der Waals surface area contributed by atoms with E-state index in [0.717, 1.165) is 37.5 Å². The van der Waals surface area contributed by atoms with Crippen LogP contribution in [0.4, 0.5) is 0 Å². The number of likely N-dealkylation sites (tertiary alicyclic amines) is 1. The fourth-order valence-electron chi connectivity index (χ4n) is 2.57. The third-order valence-corrected chi connectivity index (χ3v) is 4.11. The van der Waals surface area contributed by atoms with Crippen LogP contribution in [0.2, 0.25) is 5.02 Å². The van der Waals surface area contributed by atoms with Crippen LogP contribution in [0.1, 0.15) is 31.7 Å². The van der Waals surface area contributed by atoms with Crippen molar-refractivity contribution >= 4 is 17.4 Å². The molecule has 1 aliphatic heterocycles. The Morgan fingerprint density at radius 2 is 2.00 bits per heavy atom. The molecule has 1 aromatic rings. The van der Waals surface area contributed by atoms with E-state index < -0.39 is 0 Å². The minimum Gasteiger partial charge on any atom is -0.299 e. The predicted octanol–water partition coefficient (Wildman–Crippen LogP) is 3.53. The number of ketones is 1. The molecule has 0 amide bonds. The van der Waals surface area contributed by atoms with Crippen molar-refractivity contribution in [2.24, 2.45) is 5.92 Å². The number of nitrogens with zero attached hydrogens (tertiary/aromatic N) is 1. The van der Waals surface area contributed by atoms with E-state index in [1.807, 2.05) is 25.1 Å². The van der Waals surface area contributed by atoms with E-state index in [1.165, 1.54) is 5.56 Å². The molecule has 1 saturated heterocycles. The van der Waals surface area contributed by atoms with E-state index in [9.17, 15) is 4.79 Å². The third kappa shape index (κ3) is 3.33. The zero-order valence-electron chi connectivity index (χ0n) is 10.9. The molecule has 1 aromatic carbocycles. The van der Waals surface area contributed by atoms with Crippen molar-refractivity contribution in [1.82, 2.24) is 4.90 Å². The monoisotopic (exact) mass is 265 g/mol.